The van der Waals surface area contributed by atoms with Crippen LogP contribution in [-0.4, -0.2) is 15.1 Å². The van der Waals surface area contributed by atoms with Gasteiger partial charge < -0.3 is 10.1 Å². The number of H-pyrrole nitrogens is 1. The molecule has 70 valence electrons. The van der Waals surface area contributed by atoms with Crippen LogP contribution < -0.4 is 0 Å². The van der Waals surface area contributed by atoms with E-state index < -0.39 is 0 Å². The zero-order chi connectivity index (χ0) is 9.80. The summed E-state index contributed by atoms with van der Waals surface area (Å²) in [6.45, 7) is 0. The largest absolute Gasteiger partial charge is 0.508 e. The molecule has 0 amide bonds. The SMILES string of the molecule is Oc1ccc(N=Nc2ncc[nH]2)cc1. The van der Waals surface area contributed by atoms with Crippen LogP contribution in [0.3, 0.4) is 0 Å². The molecule has 1 aromatic heterocycles. The molecule has 0 aliphatic heterocycles. The maximum absolute atomic E-state index is 9.02. The fraction of sp³-hybridized carbons (Fsp3) is 0. The summed E-state index contributed by atoms with van der Waals surface area (Å²) in [7, 11) is 0. The topological polar surface area (TPSA) is 73.6 Å². The highest BCUT2D eigenvalue weighted by atomic mass is 16.3. The Balaban J connectivity index is 2.15. The Kier molecular flexibility index (Phi) is 2.22. The van der Waals surface area contributed by atoms with Crippen molar-refractivity contribution in [2.24, 2.45) is 10.2 Å². The first kappa shape index (κ1) is 8.43. The van der Waals surface area contributed by atoms with Gasteiger partial charge in [0.05, 0.1) is 5.69 Å². The normalized spacial score (nSPS) is 10.9. The summed E-state index contributed by atoms with van der Waals surface area (Å²) in [5, 5.41) is 16.8. The Hall–Kier alpha value is -2.17. The number of rotatable bonds is 2. The van der Waals surface area contributed by atoms with Crippen molar-refractivity contribution in [2.75, 3.05) is 0 Å². The molecular formula is C9H8N4O. The molecule has 2 aromatic rings. The van der Waals surface area contributed by atoms with E-state index in [1.54, 1.807) is 36.7 Å². The minimum atomic E-state index is 0.210. The third-order valence-corrected chi connectivity index (χ3v) is 1.59. The van der Waals surface area contributed by atoms with Gasteiger partial charge in [0.25, 0.3) is 0 Å². The molecule has 5 nitrogen and oxygen atoms in total. The standard InChI is InChI=1S/C9H8N4O/c14-8-3-1-7(2-4-8)12-13-9-10-5-6-11-9/h1-6,14H,(H,10,11). The van der Waals surface area contributed by atoms with Gasteiger partial charge in [-0.1, -0.05) is 0 Å². The number of hydrogen-bond acceptors (Lipinski definition) is 4. The highest BCUT2D eigenvalue weighted by molar-refractivity contribution is 5.40. The zero-order valence-electron chi connectivity index (χ0n) is 7.25. The number of phenols is 1. The number of nitrogens with zero attached hydrogens (tertiary/aromatic N) is 3. The molecule has 1 aromatic carbocycles. The smallest absolute Gasteiger partial charge is 0.246 e. The third kappa shape index (κ3) is 1.95. The molecule has 0 aliphatic carbocycles. The summed E-state index contributed by atoms with van der Waals surface area (Å²) in [5.41, 5.74) is 0.666. The van der Waals surface area contributed by atoms with Gasteiger partial charge in [-0.05, 0) is 24.3 Å². The average Bonchev–Trinajstić information content (AvgIpc) is 2.70. The number of benzene rings is 1. The average molecular weight is 188 g/mol. The summed E-state index contributed by atoms with van der Waals surface area (Å²) >= 11 is 0. The van der Waals surface area contributed by atoms with Crippen molar-refractivity contribution >= 4 is 11.6 Å². The molecule has 0 bridgehead atoms. The van der Waals surface area contributed by atoms with Crippen molar-refractivity contribution in [3.63, 3.8) is 0 Å². The van der Waals surface area contributed by atoms with E-state index in [2.05, 4.69) is 20.2 Å². The number of hydrogen-bond donors (Lipinski definition) is 2. The van der Waals surface area contributed by atoms with Crippen molar-refractivity contribution in [3.8, 4) is 5.75 Å². The van der Waals surface area contributed by atoms with E-state index in [1.807, 2.05) is 0 Å². The monoisotopic (exact) mass is 188 g/mol. The van der Waals surface area contributed by atoms with Gasteiger partial charge in [0.2, 0.25) is 5.95 Å². The molecule has 0 saturated carbocycles. The summed E-state index contributed by atoms with van der Waals surface area (Å²) in [6, 6.07) is 6.44. The van der Waals surface area contributed by atoms with Crippen LogP contribution in [0.2, 0.25) is 0 Å². The first-order valence-corrected chi connectivity index (χ1v) is 4.05. The molecule has 1 heterocycles. The molecular weight excluding hydrogens is 180 g/mol. The number of azo groups is 1. The van der Waals surface area contributed by atoms with Gasteiger partial charge in [0, 0.05) is 12.4 Å². The van der Waals surface area contributed by atoms with E-state index in [1.165, 1.54) is 0 Å². The lowest BCUT2D eigenvalue weighted by Crippen LogP contribution is -1.66. The first-order valence-electron chi connectivity index (χ1n) is 4.05. The number of aromatic amines is 1. The Bertz CT molecular complexity index is 419. The fourth-order valence-corrected chi connectivity index (χ4v) is 0.936. The van der Waals surface area contributed by atoms with Crippen LogP contribution in [0.1, 0.15) is 0 Å². The number of phenolic OH excluding ortho intramolecular Hbond substituents is 1. The second-order valence-corrected chi connectivity index (χ2v) is 2.63. The Labute approximate surface area is 80.2 Å². The summed E-state index contributed by atoms with van der Waals surface area (Å²) < 4.78 is 0. The van der Waals surface area contributed by atoms with Crippen molar-refractivity contribution < 1.29 is 5.11 Å². The maximum atomic E-state index is 9.02. The van der Waals surface area contributed by atoms with Crippen LogP contribution in [0.4, 0.5) is 11.6 Å². The van der Waals surface area contributed by atoms with Crippen LogP contribution in [-0.2, 0) is 0 Å². The lowest BCUT2D eigenvalue weighted by atomic mass is 10.3. The zero-order valence-corrected chi connectivity index (χ0v) is 7.25. The van der Waals surface area contributed by atoms with Crippen LogP contribution in [0.5, 0.6) is 5.75 Å². The number of aromatic nitrogens is 2. The molecule has 14 heavy (non-hydrogen) atoms. The third-order valence-electron chi connectivity index (χ3n) is 1.59. The van der Waals surface area contributed by atoms with Crippen LogP contribution in [0.15, 0.2) is 46.9 Å². The number of aromatic hydroxyl groups is 1. The summed E-state index contributed by atoms with van der Waals surface area (Å²) in [6.07, 6.45) is 3.27. The predicted molar refractivity (Wildman–Crippen MR) is 50.9 cm³/mol. The van der Waals surface area contributed by atoms with Gasteiger partial charge in [0.1, 0.15) is 5.75 Å². The quantitative estimate of drug-likeness (QED) is 0.710. The number of imidazole rings is 1. The van der Waals surface area contributed by atoms with E-state index >= 15 is 0 Å². The summed E-state index contributed by atoms with van der Waals surface area (Å²) in [5.74, 6) is 0.667. The molecule has 0 saturated heterocycles. The van der Waals surface area contributed by atoms with Gasteiger partial charge in [-0.2, -0.15) is 0 Å². The second-order valence-electron chi connectivity index (χ2n) is 2.63. The van der Waals surface area contributed by atoms with Crippen LogP contribution in [0, 0.1) is 0 Å². The molecule has 2 rings (SSSR count). The van der Waals surface area contributed by atoms with E-state index in [9.17, 15) is 0 Å². The van der Waals surface area contributed by atoms with Crippen molar-refractivity contribution in [1.82, 2.24) is 9.97 Å². The fourth-order valence-electron chi connectivity index (χ4n) is 0.936. The van der Waals surface area contributed by atoms with Crippen LogP contribution in [0.25, 0.3) is 0 Å². The molecule has 0 spiro atoms. The lowest BCUT2D eigenvalue weighted by molar-refractivity contribution is 0.475. The predicted octanol–water partition coefficient (Wildman–Crippen LogP) is 2.53. The number of nitrogens with one attached hydrogen (secondary N) is 1. The van der Waals surface area contributed by atoms with Gasteiger partial charge in [-0.3, -0.25) is 0 Å². The molecule has 0 radical (unpaired) electrons. The summed E-state index contributed by atoms with van der Waals surface area (Å²) in [4.78, 5) is 6.68. The Morgan fingerprint density at radius 3 is 2.57 bits per heavy atom. The van der Waals surface area contributed by atoms with Gasteiger partial charge in [-0.15, -0.1) is 10.2 Å². The first-order chi connectivity index (χ1) is 6.84. The Morgan fingerprint density at radius 2 is 1.93 bits per heavy atom. The molecule has 0 atom stereocenters. The molecule has 2 N–H and O–H groups in total. The molecule has 0 fully saturated rings. The van der Waals surface area contributed by atoms with Crippen molar-refractivity contribution in [1.29, 1.82) is 0 Å². The van der Waals surface area contributed by atoms with E-state index in [-0.39, 0.29) is 5.75 Å². The van der Waals surface area contributed by atoms with Gasteiger partial charge >= 0.3 is 0 Å². The van der Waals surface area contributed by atoms with Gasteiger partial charge in [0.15, 0.2) is 0 Å². The highest BCUT2D eigenvalue weighted by Gasteiger charge is 1.91. The van der Waals surface area contributed by atoms with Crippen molar-refractivity contribution in [2.45, 2.75) is 0 Å². The van der Waals surface area contributed by atoms with E-state index in [4.69, 9.17) is 5.11 Å². The van der Waals surface area contributed by atoms with E-state index in [0.717, 1.165) is 0 Å². The Morgan fingerprint density at radius 1 is 1.14 bits per heavy atom. The minimum absolute atomic E-state index is 0.210. The second kappa shape index (κ2) is 3.69. The molecule has 0 aliphatic rings. The van der Waals surface area contributed by atoms with Gasteiger partial charge in [-0.25, -0.2) is 4.98 Å². The van der Waals surface area contributed by atoms with Crippen molar-refractivity contribution in [3.05, 3.63) is 36.7 Å². The molecule has 0 unspecified atom stereocenters. The van der Waals surface area contributed by atoms with E-state index in [0.29, 0.717) is 11.6 Å². The maximum Gasteiger partial charge on any atom is 0.246 e. The minimum Gasteiger partial charge on any atom is -0.508 e. The lowest BCUT2D eigenvalue weighted by Gasteiger charge is -1.91. The van der Waals surface area contributed by atoms with Crippen LogP contribution >= 0.6 is 0 Å². The molecule has 5 heteroatoms. The highest BCUT2D eigenvalue weighted by Crippen LogP contribution is 2.18.